The van der Waals surface area contributed by atoms with Gasteiger partial charge in [0.15, 0.2) is 5.78 Å². The van der Waals surface area contributed by atoms with Gasteiger partial charge in [-0.1, -0.05) is 39.0 Å². The Kier molecular flexibility index (Phi) is 3.78. The van der Waals surface area contributed by atoms with Crippen molar-refractivity contribution in [3.05, 3.63) is 35.4 Å². The minimum Gasteiger partial charge on any atom is -0.402 e. The van der Waals surface area contributed by atoms with E-state index in [9.17, 15) is 4.79 Å². The number of carbonyl (C=O) groups excluding carboxylic acids is 1. The van der Waals surface area contributed by atoms with Crippen LogP contribution in [0.3, 0.4) is 0 Å². The molecule has 0 aromatic carbocycles. The van der Waals surface area contributed by atoms with E-state index in [0.29, 0.717) is 17.0 Å². The molecule has 17 heavy (non-hydrogen) atoms. The number of carbonyl (C=O) groups is 1. The Morgan fingerprint density at radius 1 is 1.59 bits per heavy atom. The molecular weight excluding hydrogens is 238 g/mol. The normalized spacial score (nSPS) is 19.3. The minimum absolute atomic E-state index is 0.0242. The third-order valence-electron chi connectivity index (χ3n) is 2.21. The maximum absolute atomic E-state index is 12.2. The van der Waals surface area contributed by atoms with E-state index >= 15 is 0 Å². The van der Waals surface area contributed by atoms with Crippen LogP contribution in [-0.4, -0.2) is 11.5 Å². The van der Waals surface area contributed by atoms with Crippen LogP contribution in [0.4, 0.5) is 0 Å². The number of allylic oxidation sites excluding steroid dienone is 1. The van der Waals surface area contributed by atoms with Crippen molar-refractivity contribution in [3.63, 3.8) is 0 Å². The van der Waals surface area contributed by atoms with Crippen LogP contribution in [0.25, 0.3) is 0 Å². The molecule has 92 valence electrons. The Morgan fingerprint density at radius 2 is 2.18 bits per heavy atom. The van der Waals surface area contributed by atoms with Gasteiger partial charge in [0, 0.05) is 17.8 Å². The van der Waals surface area contributed by atoms with Gasteiger partial charge >= 0.3 is 0 Å². The SMILES string of the molecule is C=C1NC=C(C(=O)C(C)(C)C)/C1=N/C(Cl)=C\N. The van der Waals surface area contributed by atoms with E-state index in [1.807, 2.05) is 20.8 Å². The second-order valence-electron chi connectivity index (χ2n) is 4.71. The lowest BCUT2D eigenvalue weighted by Gasteiger charge is -2.17. The molecule has 5 heteroatoms. The third-order valence-corrected chi connectivity index (χ3v) is 2.42. The van der Waals surface area contributed by atoms with E-state index in [1.54, 1.807) is 6.20 Å². The Hall–Kier alpha value is -1.55. The standard InChI is InChI=1S/C12H16ClN3O/c1-7-10(16-9(13)5-14)8(6-15-7)11(17)12(2,3)4/h5-6,15H,1,14H2,2-4H3/b9-5-,16-10+. The van der Waals surface area contributed by atoms with Gasteiger partial charge in [0.25, 0.3) is 0 Å². The molecule has 0 amide bonds. The predicted molar refractivity (Wildman–Crippen MR) is 70.4 cm³/mol. The van der Waals surface area contributed by atoms with Crippen molar-refractivity contribution in [2.45, 2.75) is 20.8 Å². The van der Waals surface area contributed by atoms with Gasteiger partial charge in [0.2, 0.25) is 0 Å². The molecule has 1 rings (SSSR count). The zero-order valence-corrected chi connectivity index (χ0v) is 10.9. The number of hydrogen-bond acceptors (Lipinski definition) is 4. The van der Waals surface area contributed by atoms with E-state index in [0.717, 1.165) is 0 Å². The van der Waals surface area contributed by atoms with Crippen molar-refractivity contribution in [3.8, 4) is 0 Å². The zero-order chi connectivity index (χ0) is 13.2. The third kappa shape index (κ3) is 2.97. The summed E-state index contributed by atoms with van der Waals surface area (Å²) in [6.07, 6.45) is 2.76. The van der Waals surface area contributed by atoms with Gasteiger partial charge in [0.05, 0.1) is 17.0 Å². The van der Waals surface area contributed by atoms with Gasteiger partial charge in [-0.15, -0.1) is 0 Å². The highest BCUT2D eigenvalue weighted by atomic mass is 35.5. The van der Waals surface area contributed by atoms with Gasteiger partial charge in [0.1, 0.15) is 5.16 Å². The lowest BCUT2D eigenvalue weighted by Crippen LogP contribution is -2.25. The summed E-state index contributed by atoms with van der Waals surface area (Å²) in [5.41, 5.74) is 6.21. The molecule has 0 aromatic rings. The zero-order valence-electron chi connectivity index (χ0n) is 10.2. The molecule has 4 nitrogen and oxygen atoms in total. The van der Waals surface area contributed by atoms with Crippen molar-refractivity contribution in [1.29, 1.82) is 0 Å². The van der Waals surface area contributed by atoms with Gasteiger partial charge < -0.3 is 11.1 Å². The summed E-state index contributed by atoms with van der Waals surface area (Å²) in [6, 6.07) is 0. The molecule has 0 unspecified atom stereocenters. The fourth-order valence-corrected chi connectivity index (χ4v) is 1.39. The number of nitrogens with zero attached hydrogens (tertiary/aromatic N) is 1. The van der Waals surface area contributed by atoms with Crippen molar-refractivity contribution in [2.75, 3.05) is 0 Å². The summed E-state index contributed by atoms with van der Waals surface area (Å²) in [6.45, 7) is 9.29. The number of hydrogen-bond donors (Lipinski definition) is 2. The Balaban J connectivity index is 3.14. The quantitative estimate of drug-likeness (QED) is 0.740. The molecule has 0 spiro atoms. The highest BCUT2D eigenvalue weighted by Crippen LogP contribution is 2.25. The van der Waals surface area contributed by atoms with Crippen LogP contribution in [0.2, 0.25) is 0 Å². The van der Waals surface area contributed by atoms with Crippen molar-refractivity contribution in [1.82, 2.24) is 5.32 Å². The van der Waals surface area contributed by atoms with E-state index in [2.05, 4.69) is 16.9 Å². The lowest BCUT2D eigenvalue weighted by atomic mass is 9.85. The second-order valence-corrected chi connectivity index (χ2v) is 5.10. The van der Waals surface area contributed by atoms with Crippen LogP contribution in [0.5, 0.6) is 0 Å². The molecule has 0 saturated heterocycles. The lowest BCUT2D eigenvalue weighted by molar-refractivity contribution is -0.121. The molecule has 0 saturated carbocycles. The number of halogens is 1. The van der Waals surface area contributed by atoms with Crippen molar-refractivity contribution < 1.29 is 4.79 Å². The topological polar surface area (TPSA) is 67.5 Å². The molecule has 0 bridgehead atoms. The van der Waals surface area contributed by atoms with E-state index in [4.69, 9.17) is 17.3 Å². The molecule has 0 aliphatic carbocycles. The average Bonchev–Trinajstić information content (AvgIpc) is 2.58. The average molecular weight is 254 g/mol. The van der Waals surface area contributed by atoms with E-state index in [-0.39, 0.29) is 10.9 Å². The molecular formula is C12H16ClN3O. The molecule has 0 atom stereocenters. The van der Waals surface area contributed by atoms with Crippen LogP contribution >= 0.6 is 11.6 Å². The smallest absolute Gasteiger partial charge is 0.171 e. The molecule has 1 aliphatic rings. The molecule has 3 N–H and O–H groups in total. The van der Waals surface area contributed by atoms with Crippen molar-refractivity contribution in [2.24, 2.45) is 16.1 Å². The fourth-order valence-electron chi connectivity index (χ4n) is 1.31. The fraction of sp³-hybridized carbons (Fsp3) is 0.333. The van der Waals surface area contributed by atoms with Crippen LogP contribution in [0, 0.1) is 5.41 Å². The molecule has 1 heterocycles. The summed E-state index contributed by atoms with van der Waals surface area (Å²) in [5.74, 6) is -0.0242. The molecule has 1 aliphatic heterocycles. The maximum atomic E-state index is 12.2. The number of ketones is 1. The first-order valence-electron chi connectivity index (χ1n) is 5.14. The van der Waals surface area contributed by atoms with Crippen molar-refractivity contribution >= 4 is 23.1 Å². The Labute approximate surface area is 106 Å². The Morgan fingerprint density at radius 3 is 2.65 bits per heavy atom. The summed E-state index contributed by atoms with van der Waals surface area (Å²) in [4.78, 5) is 16.2. The molecule has 0 aromatic heterocycles. The first-order chi connectivity index (χ1) is 7.77. The van der Waals surface area contributed by atoms with Gasteiger partial charge in [-0.3, -0.25) is 4.79 Å². The number of aliphatic imine (C=N–C) groups is 1. The van der Waals surface area contributed by atoms with Gasteiger partial charge in [-0.25, -0.2) is 4.99 Å². The predicted octanol–water partition coefficient (Wildman–Crippen LogP) is 2.04. The number of nitrogens with two attached hydrogens (primary N) is 1. The summed E-state index contributed by atoms with van der Waals surface area (Å²) in [5, 5.41) is 2.99. The highest BCUT2D eigenvalue weighted by molar-refractivity contribution is 6.34. The minimum atomic E-state index is -0.488. The second kappa shape index (κ2) is 4.75. The van der Waals surface area contributed by atoms with Crippen LogP contribution in [-0.2, 0) is 4.79 Å². The van der Waals surface area contributed by atoms with E-state index in [1.165, 1.54) is 6.20 Å². The highest BCUT2D eigenvalue weighted by Gasteiger charge is 2.31. The summed E-state index contributed by atoms with van der Waals surface area (Å²) >= 11 is 5.74. The summed E-state index contributed by atoms with van der Waals surface area (Å²) in [7, 11) is 0. The van der Waals surface area contributed by atoms with Crippen LogP contribution < -0.4 is 11.1 Å². The summed E-state index contributed by atoms with van der Waals surface area (Å²) < 4.78 is 0. The maximum Gasteiger partial charge on any atom is 0.171 e. The number of Topliss-reactive ketones (excluding diaryl/α,β-unsaturated/α-hetero) is 1. The first kappa shape index (κ1) is 13.5. The van der Waals surface area contributed by atoms with Gasteiger partial charge in [-0.2, -0.15) is 0 Å². The van der Waals surface area contributed by atoms with Crippen LogP contribution in [0.15, 0.2) is 40.4 Å². The van der Waals surface area contributed by atoms with Gasteiger partial charge in [-0.05, 0) is 0 Å². The molecule has 0 radical (unpaired) electrons. The number of rotatable bonds is 2. The van der Waals surface area contributed by atoms with E-state index < -0.39 is 5.41 Å². The monoisotopic (exact) mass is 253 g/mol. The first-order valence-corrected chi connectivity index (χ1v) is 5.52. The van der Waals surface area contributed by atoms with Crippen LogP contribution in [0.1, 0.15) is 20.8 Å². The molecule has 0 fully saturated rings. The Bertz CT molecular complexity index is 453. The largest absolute Gasteiger partial charge is 0.402 e. The number of nitrogens with one attached hydrogen (secondary N) is 1.